The first kappa shape index (κ1) is 18.0. The lowest BCUT2D eigenvalue weighted by Gasteiger charge is -2.30. The fourth-order valence-electron chi connectivity index (χ4n) is 3.11. The van der Waals surface area contributed by atoms with Crippen molar-refractivity contribution in [2.45, 2.75) is 32.2 Å². The van der Waals surface area contributed by atoms with Gasteiger partial charge in [-0.25, -0.2) is 4.79 Å². The van der Waals surface area contributed by atoms with Gasteiger partial charge < -0.3 is 19.7 Å². The second-order valence-corrected chi connectivity index (χ2v) is 6.43. The summed E-state index contributed by atoms with van der Waals surface area (Å²) in [5, 5.41) is 11.9. The Hall–Kier alpha value is -2.83. The van der Waals surface area contributed by atoms with Crippen LogP contribution in [0.15, 0.2) is 40.8 Å². The number of para-hydroxylation sites is 2. The molecule has 1 unspecified atom stereocenters. The molecule has 1 aliphatic heterocycles. The number of hydrogen-bond donors (Lipinski definition) is 2. The van der Waals surface area contributed by atoms with Crippen LogP contribution >= 0.6 is 0 Å². The average molecular weight is 357 g/mol. The van der Waals surface area contributed by atoms with Crippen LogP contribution in [0.5, 0.6) is 0 Å². The number of amides is 1. The highest BCUT2D eigenvalue weighted by atomic mass is 16.4. The summed E-state index contributed by atoms with van der Waals surface area (Å²) >= 11 is 0. The number of fused-ring (bicyclic) bond motifs is 1. The van der Waals surface area contributed by atoms with Gasteiger partial charge in [-0.1, -0.05) is 24.3 Å². The number of aliphatic carboxylic acids is 1. The summed E-state index contributed by atoms with van der Waals surface area (Å²) in [5.74, 6) is -1.40. The molecule has 2 heterocycles. The molecular formula is C19H23N3O4. The van der Waals surface area contributed by atoms with Crippen LogP contribution in [0.3, 0.4) is 0 Å². The smallest absolute Gasteiger partial charge is 0.326 e. The number of carbonyl (C=O) groups is 2. The van der Waals surface area contributed by atoms with E-state index in [4.69, 9.17) is 4.42 Å². The summed E-state index contributed by atoms with van der Waals surface area (Å²) in [6.07, 6.45) is 5.09. The summed E-state index contributed by atoms with van der Waals surface area (Å²) < 4.78 is 5.77. The van der Waals surface area contributed by atoms with Crippen molar-refractivity contribution in [2.24, 2.45) is 5.92 Å². The lowest BCUT2D eigenvalue weighted by molar-refractivity contribution is -0.142. The van der Waals surface area contributed by atoms with Crippen LogP contribution in [-0.2, 0) is 9.59 Å². The molecule has 0 bridgehead atoms. The zero-order valence-electron chi connectivity index (χ0n) is 14.7. The number of piperidine rings is 1. The molecule has 1 amide bonds. The van der Waals surface area contributed by atoms with E-state index in [1.807, 2.05) is 36.1 Å². The number of hydrogen-bond acceptors (Lipinski definition) is 5. The molecule has 0 saturated carbocycles. The van der Waals surface area contributed by atoms with Crippen LogP contribution in [0, 0.1) is 5.92 Å². The van der Waals surface area contributed by atoms with Crippen LogP contribution in [0.2, 0.25) is 0 Å². The van der Waals surface area contributed by atoms with E-state index in [9.17, 15) is 14.7 Å². The minimum Gasteiger partial charge on any atom is -0.480 e. The second kappa shape index (κ2) is 8.03. The molecule has 0 spiro atoms. The Morgan fingerprint density at radius 2 is 2.12 bits per heavy atom. The highest BCUT2D eigenvalue weighted by molar-refractivity contribution is 5.85. The van der Waals surface area contributed by atoms with Gasteiger partial charge in [0.2, 0.25) is 5.91 Å². The van der Waals surface area contributed by atoms with Gasteiger partial charge in [-0.3, -0.25) is 4.79 Å². The summed E-state index contributed by atoms with van der Waals surface area (Å²) in [4.78, 5) is 30.2. The maximum absolute atomic E-state index is 12.4. The van der Waals surface area contributed by atoms with E-state index >= 15 is 0 Å². The molecule has 1 atom stereocenters. The number of allylic oxidation sites excluding steroid dienone is 1. The van der Waals surface area contributed by atoms with Gasteiger partial charge in [-0.2, -0.15) is 4.98 Å². The normalized spacial score (nSPS) is 16.9. The summed E-state index contributed by atoms with van der Waals surface area (Å²) in [7, 11) is 0. The predicted molar refractivity (Wildman–Crippen MR) is 97.9 cm³/mol. The Balaban J connectivity index is 1.57. The summed E-state index contributed by atoms with van der Waals surface area (Å²) in [6.45, 7) is 3.12. The first-order valence-corrected chi connectivity index (χ1v) is 8.83. The minimum absolute atomic E-state index is 0.192. The van der Waals surface area contributed by atoms with Gasteiger partial charge in [-0.15, -0.1) is 0 Å². The molecule has 26 heavy (non-hydrogen) atoms. The standard InChI is InChI=1S/C19H23N3O4/c1-2-3-6-15(18(24)25)20-17(23)13-9-11-22(12-10-13)19-21-14-7-4-5-8-16(14)26-19/h2-5,7-8,13,15H,6,9-12H2,1H3,(H,20,23)(H,24,25)/b3-2+. The molecule has 0 aliphatic carbocycles. The van der Waals surface area contributed by atoms with Crippen molar-refractivity contribution < 1.29 is 19.1 Å². The molecule has 1 aromatic heterocycles. The molecule has 1 saturated heterocycles. The largest absolute Gasteiger partial charge is 0.480 e. The van der Waals surface area contributed by atoms with Crippen LogP contribution in [-0.4, -0.2) is 41.1 Å². The van der Waals surface area contributed by atoms with E-state index in [0.717, 1.165) is 11.1 Å². The van der Waals surface area contributed by atoms with E-state index in [1.165, 1.54) is 0 Å². The number of nitrogens with zero attached hydrogens (tertiary/aromatic N) is 2. The van der Waals surface area contributed by atoms with Crippen molar-refractivity contribution >= 4 is 29.0 Å². The fourth-order valence-corrected chi connectivity index (χ4v) is 3.11. The highest BCUT2D eigenvalue weighted by Crippen LogP contribution is 2.26. The summed E-state index contributed by atoms with van der Waals surface area (Å²) in [6, 6.07) is 7.29. The molecule has 7 nitrogen and oxygen atoms in total. The third-order valence-corrected chi connectivity index (χ3v) is 4.64. The van der Waals surface area contributed by atoms with Crippen molar-refractivity contribution in [3.05, 3.63) is 36.4 Å². The van der Waals surface area contributed by atoms with E-state index in [-0.39, 0.29) is 11.8 Å². The van der Waals surface area contributed by atoms with E-state index in [1.54, 1.807) is 12.2 Å². The fraction of sp³-hybridized carbons (Fsp3) is 0.421. The molecule has 3 rings (SSSR count). The van der Waals surface area contributed by atoms with Crippen LogP contribution in [0.4, 0.5) is 6.01 Å². The zero-order valence-corrected chi connectivity index (χ0v) is 14.7. The van der Waals surface area contributed by atoms with E-state index < -0.39 is 12.0 Å². The molecule has 138 valence electrons. The number of carboxylic acids is 1. The van der Waals surface area contributed by atoms with Crippen molar-refractivity contribution in [3.63, 3.8) is 0 Å². The molecule has 1 aromatic carbocycles. The lowest BCUT2D eigenvalue weighted by Crippen LogP contribution is -2.46. The van der Waals surface area contributed by atoms with Gasteiger partial charge in [0.15, 0.2) is 5.58 Å². The Morgan fingerprint density at radius 3 is 2.77 bits per heavy atom. The maximum atomic E-state index is 12.4. The van der Waals surface area contributed by atoms with Gasteiger partial charge in [-0.05, 0) is 38.3 Å². The van der Waals surface area contributed by atoms with Crippen molar-refractivity contribution in [1.29, 1.82) is 0 Å². The van der Waals surface area contributed by atoms with Gasteiger partial charge in [0.05, 0.1) is 0 Å². The van der Waals surface area contributed by atoms with Crippen LogP contribution < -0.4 is 10.2 Å². The van der Waals surface area contributed by atoms with Crippen molar-refractivity contribution in [3.8, 4) is 0 Å². The molecular weight excluding hydrogens is 334 g/mol. The maximum Gasteiger partial charge on any atom is 0.326 e. The van der Waals surface area contributed by atoms with Crippen molar-refractivity contribution in [2.75, 3.05) is 18.0 Å². The Kier molecular flexibility index (Phi) is 5.55. The van der Waals surface area contributed by atoms with Crippen molar-refractivity contribution in [1.82, 2.24) is 10.3 Å². The first-order chi connectivity index (χ1) is 12.6. The number of nitrogens with one attached hydrogen (secondary N) is 1. The molecule has 2 N–H and O–H groups in total. The molecule has 1 aliphatic rings. The number of anilines is 1. The Bertz CT molecular complexity index is 773. The molecule has 2 aromatic rings. The quantitative estimate of drug-likeness (QED) is 0.772. The zero-order chi connectivity index (χ0) is 18.5. The second-order valence-electron chi connectivity index (χ2n) is 6.43. The monoisotopic (exact) mass is 357 g/mol. The topological polar surface area (TPSA) is 95.7 Å². The number of rotatable bonds is 6. The van der Waals surface area contributed by atoms with Gasteiger partial charge in [0, 0.05) is 19.0 Å². The highest BCUT2D eigenvalue weighted by Gasteiger charge is 2.29. The number of carboxylic acid groups (broad SMARTS) is 1. The van der Waals surface area contributed by atoms with E-state index in [2.05, 4.69) is 10.3 Å². The first-order valence-electron chi connectivity index (χ1n) is 8.83. The van der Waals surface area contributed by atoms with Crippen LogP contribution in [0.1, 0.15) is 26.2 Å². The number of benzene rings is 1. The van der Waals surface area contributed by atoms with Crippen LogP contribution in [0.25, 0.3) is 11.1 Å². The molecule has 0 radical (unpaired) electrons. The third kappa shape index (κ3) is 4.04. The minimum atomic E-state index is -1.01. The van der Waals surface area contributed by atoms with Gasteiger partial charge in [0.25, 0.3) is 6.01 Å². The number of aromatic nitrogens is 1. The third-order valence-electron chi connectivity index (χ3n) is 4.64. The number of oxazole rings is 1. The molecule has 1 fully saturated rings. The molecule has 7 heteroatoms. The average Bonchev–Trinajstić information content (AvgIpc) is 3.09. The summed E-state index contributed by atoms with van der Waals surface area (Å²) in [5.41, 5.74) is 1.56. The predicted octanol–water partition coefficient (Wildman–Crippen LogP) is 2.58. The Morgan fingerprint density at radius 1 is 1.38 bits per heavy atom. The van der Waals surface area contributed by atoms with Gasteiger partial charge >= 0.3 is 5.97 Å². The lowest BCUT2D eigenvalue weighted by atomic mass is 9.95. The Labute approximate surface area is 151 Å². The van der Waals surface area contributed by atoms with Gasteiger partial charge in [0.1, 0.15) is 11.6 Å². The SMILES string of the molecule is C/C=C/CC(NC(=O)C1CCN(c2nc3ccccc3o2)CC1)C(=O)O. The number of carbonyl (C=O) groups excluding carboxylic acids is 1. The van der Waals surface area contributed by atoms with E-state index in [0.29, 0.717) is 38.4 Å².